The fourth-order valence-electron chi connectivity index (χ4n) is 2.15. The van der Waals surface area contributed by atoms with Crippen molar-refractivity contribution in [3.8, 4) is 11.5 Å². The minimum atomic E-state index is 0.0922. The lowest BCUT2D eigenvalue weighted by molar-refractivity contribution is 0.259. The summed E-state index contributed by atoms with van der Waals surface area (Å²) < 4.78 is 10.5. The second kappa shape index (κ2) is 4.74. The number of hydrogen-bond acceptors (Lipinski definition) is 3. The van der Waals surface area contributed by atoms with E-state index >= 15 is 0 Å². The maximum absolute atomic E-state index is 6.25. The molecule has 2 rings (SSSR count). The molecule has 3 nitrogen and oxygen atoms in total. The van der Waals surface area contributed by atoms with Crippen molar-refractivity contribution in [2.24, 2.45) is 11.7 Å². The average Bonchev–Trinajstić information content (AvgIpc) is 2.25. The Hall–Kier alpha value is -1.22. The van der Waals surface area contributed by atoms with Gasteiger partial charge in [-0.25, -0.2) is 0 Å². The summed E-state index contributed by atoms with van der Waals surface area (Å²) in [5, 5.41) is 0. The van der Waals surface area contributed by atoms with E-state index < -0.39 is 0 Å². The lowest BCUT2D eigenvalue weighted by atomic mass is 9.77. The van der Waals surface area contributed by atoms with Crippen LogP contribution in [0.25, 0.3) is 0 Å². The van der Waals surface area contributed by atoms with Crippen LogP contribution in [-0.2, 0) is 0 Å². The van der Waals surface area contributed by atoms with Crippen LogP contribution < -0.4 is 15.2 Å². The summed E-state index contributed by atoms with van der Waals surface area (Å²) in [6, 6.07) is 5.94. The molecule has 1 saturated carbocycles. The van der Waals surface area contributed by atoms with E-state index in [0.29, 0.717) is 5.92 Å². The molecule has 16 heavy (non-hydrogen) atoms. The van der Waals surface area contributed by atoms with E-state index in [-0.39, 0.29) is 6.04 Å². The van der Waals surface area contributed by atoms with Crippen molar-refractivity contribution in [1.29, 1.82) is 0 Å². The van der Waals surface area contributed by atoms with Crippen LogP contribution in [0, 0.1) is 5.92 Å². The van der Waals surface area contributed by atoms with Crippen LogP contribution in [-0.4, -0.2) is 14.2 Å². The van der Waals surface area contributed by atoms with Crippen molar-refractivity contribution in [3.63, 3.8) is 0 Å². The van der Waals surface area contributed by atoms with Gasteiger partial charge in [-0.2, -0.15) is 0 Å². The minimum absolute atomic E-state index is 0.0922. The summed E-state index contributed by atoms with van der Waals surface area (Å²) in [5.74, 6) is 2.25. The van der Waals surface area contributed by atoms with E-state index in [1.807, 2.05) is 18.2 Å². The van der Waals surface area contributed by atoms with Crippen molar-refractivity contribution < 1.29 is 9.47 Å². The molecule has 88 valence electrons. The molecule has 0 heterocycles. The third kappa shape index (κ3) is 2.00. The molecular weight excluding hydrogens is 202 g/mol. The van der Waals surface area contributed by atoms with Crippen molar-refractivity contribution in [2.45, 2.75) is 25.3 Å². The molecule has 1 aliphatic rings. The Kier molecular flexibility index (Phi) is 3.34. The van der Waals surface area contributed by atoms with E-state index in [4.69, 9.17) is 15.2 Å². The largest absolute Gasteiger partial charge is 0.497 e. The summed E-state index contributed by atoms with van der Waals surface area (Å²) in [6.07, 6.45) is 3.77. The van der Waals surface area contributed by atoms with Crippen molar-refractivity contribution in [1.82, 2.24) is 0 Å². The number of ether oxygens (including phenoxy) is 2. The highest BCUT2D eigenvalue weighted by atomic mass is 16.5. The van der Waals surface area contributed by atoms with E-state index in [0.717, 1.165) is 17.1 Å². The van der Waals surface area contributed by atoms with Crippen LogP contribution in [0.3, 0.4) is 0 Å². The normalized spacial score (nSPS) is 17.7. The highest BCUT2D eigenvalue weighted by Gasteiger charge is 2.27. The molecule has 3 heteroatoms. The monoisotopic (exact) mass is 221 g/mol. The fourth-order valence-corrected chi connectivity index (χ4v) is 2.15. The maximum atomic E-state index is 6.25. The van der Waals surface area contributed by atoms with Gasteiger partial charge in [0, 0.05) is 17.7 Å². The Morgan fingerprint density at radius 1 is 1.25 bits per heavy atom. The number of rotatable bonds is 4. The maximum Gasteiger partial charge on any atom is 0.127 e. The Bertz CT molecular complexity index is 361. The molecule has 2 N–H and O–H groups in total. The summed E-state index contributed by atoms with van der Waals surface area (Å²) in [7, 11) is 3.33. The number of nitrogens with two attached hydrogens (primary N) is 1. The number of hydrogen-bond donors (Lipinski definition) is 1. The zero-order valence-electron chi connectivity index (χ0n) is 9.90. The first-order valence-electron chi connectivity index (χ1n) is 5.73. The molecule has 0 saturated heterocycles. The van der Waals surface area contributed by atoms with Gasteiger partial charge in [-0.3, -0.25) is 0 Å². The molecule has 0 aromatic heterocycles. The van der Waals surface area contributed by atoms with Crippen LogP contribution in [0.2, 0.25) is 0 Å². The molecule has 0 amide bonds. The first-order valence-corrected chi connectivity index (χ1v) is 5.73. The Labute approximate surface area is 96.5 Å². The molecule has 1 unspecified atom stereocenters. The van der Waals surface area contributed by atoms with Gasteiger partial charge in [-0.05, 0) is 24.8 Å². The lowest BCUT2D eigenvalue weighted by Gasteiger charge is -2.32. The highest BCUT2D eigenvalue weighted by Crippen LogP contribution is 2.40. The van der Waals surface area contributed by atoms with Gasteiger partial charge in [-0.1, -0.05) is 12.5 Å². The van der Waals surface area contributed by atoms with Crippen molar-refractivity contribution in [2.75, 3.05) is 14.2 Å². The van der Waals surface area contributed by atoms with E-state index in [1.54, 1.807) is 14.2 Å². The molecule has 0 radical (unpaired) electrons. The Balaban J connectivity index is 2.24. The third-order valence-corrected chi connectivity index (χ3v) is 3.46. The highest BCUT2D eigenvalue weighted by molar-refractivity contribution is 5.42. The van der Waals surface area contributed by atoms with Gasteiger partial charge < -0.3 is 15.2 Å². The first kappa shape index (κ1) is 11.3. The molecule has 0 bridgehead atoms. The molecule has 1 fully saturated rings. The van der Waals surface area contributed by atoms with Crippen molar-refractivity contribution >= 4 is 0 Å². The van der Waals surface area contributed by atoms with Gasteiger partial charge in [-0.15, -0.1) is 0 Å². The SMILES string of the molecule is COc1ccc(C(N)C2CCC2)c(OC)c1. The predicted octanol–water partition coefficient (Wildman–Crippen LogP) is 2.50. The predicted molar refractivity (Wildman–Crippen MR) is 63.8 cm³/mol. The third-order valence-electron chi connectivity index (χ3n) is 3.46. The van der Waals surface area contributed by atoms with Crippen molar-refractivity contribution in [3.05, 3.63) is 23.8 Å². The second-order valence-corrected chi connectivity index (χ2v) is 4.32. The van der Waals surface area contributed by atoms with Crippen LogP contribution in [0.1, 0.15) is 30.9 Å². The molecule has 1 aliphatic carbocycles. The zero-order valence-corrected chi connectivity index (χ0v) is 9.90. The van der Waals surface area contributed by atoms with E-state index in [9.17, 15) is 0 Å². The molecule has 0 aliphatic heterocycles. The second-order valence-electron chi connectivity index (χ2n) is 4.32. The Morgan fingerprint density at radius 2 is 2.00 bits per heavy atom. The smallest absolute Gasteiger partial charge is 0.127 e. The molecule has 1 atom stereocenters. The quantitative estimate of drug-likeness (QED) is 0.849. The number of benzene rings is 1. The van der Waals surface area contributed by atoms with Gasteiger partial charge in [0.15, 0.2) is 0 Å². The molecular formula is C13H19NO2. The van der Waals surface area contributed by atoms with Gasteiger partial charge in [0.05, 0.1) is 14.2 Å². The molecule has 1 aromatic carbocycles. The van der Waals surface area contributed by atoms with Crippen LogP contribution >= 0.6 is 0 Å². The van der Waals surface area contributed by atoms with Gasteiger partial charge in [0.2, 0.25) is 0 Å². The van der Waals surface area contributed by atoms with Gasteiger partial charge in [0.25, 0.3) is 0 Å². The summed E-state index contributed by atoms with van der Waals surface area (Å²) in [6.45, 7) is 0. The lowest BCUT2D eigenvalue weighted by Crippen LogP contribution is -2.27. The van der Waals surface area contributed by atoms with Crippen LogP contribution in [0.4, 0.5) is 0 Å². The fraction of sp³-hybridized carbons (Fsp3) is 0.538. The van der Waals surface area contributed by atoms with Gasteiger partial charge in [0.1, 0.15) is 11.5 Å². The average molecular weight is 221 g/mol. The molecule has 0 spiro atoms. The zero-order chi connectivity index (χ0) is 11.5. The minimum Gasteiger partial charge on any atom is -0.497 e. The Morgan fingerprint density at radius 3 is 2.50 bits per heavy atom. The topological polar surface area (TPSA) is 44.5 Å². The number of methoxy groups -OCH3 is 2. The summed E-state index contributed by atoms with van der Waals surface area (Å²) >= 11 is 0. The summed E-state index contributed by atoms with van der Waals surface area (Å²) in [5.41, 5.74) is 7.34. The standard InChI is InChI=1S/C13H19NO2/c1-15-10-6-7-11(12(8-10)16-2)13(14)9-4-3-5-9/h6-9,13H,3-5,14H2,1-2H3. The first-order chi connectivity index (χ1) is 7.76. The van der Waals surface area contributed by atoms with Crippen LogP contribution in [0.15, 0.2) is 18.2 Å². The van der Waals surface area contributed by atoms with Crippen LogP contribution in [0.5, 0.6) is 11.5 Å². The van der Waals surface area contributed by atoms with E-state index in [1.165, 1.54) is 19.3 Å². The van der Waals surface area contributed by atoms with E-state index in [2.05, 4.69) is 0 Å². The molecule has 1 aromatic rings. The summed E-state index contributed by atoms with van der Waals surface area (Å²) in [4.78, 5) is 0. The van der Waals surface area contributed by atoms with Gasteiger partial charge >= 0.3 is 0 Å².